The number of hydrogen-bond acceptors (Lipinski definition) is 3. The third-order valence-corrected chi connectivity index (χ3v) is 3.13. The Balaban J connectivity index is 2.22. The second-order valence-corrected chi connectivity index (χ2v) is 4.84. The van der Waals surface area contributed by atoms with Crippen LogP contribution in [0.25, 0.3) is 0 Å². The van der Waals surface area contributed by atoms with Crippen LogP contribution in [0.1, 0.15) is 21.5 Å². The zero-order valence-corrected chi connectivity index (χ0v) is 12.1. The van der Waals surface area contributed by atoms with Crippen molar-refractivity contribution in [1.82, 2.24) is 0 Å². The molecule has 0 aromatic heterocycles. The smallest absolute Gasteiger partial charge is 0.180 e. The van der Waals surface area contributed by atoms with Crippen molar-refractivity contribution in [3.63, 3.8) is 0 Å². The van der Waals surface area contributed by atoms with E-state index in [1.807, 2.05) is 31.2 Å². The number of halogens is 1. The second-order valence-electron chi connectivity index (χ2n) is 4.43. The summed E-state index contributed by atoms with van der Waals surface area (Å²) in [6.45, 7) is 2.41. The van der Waals surface area contributed by atoms with E-state index in [0.717, 1.165) is 11.8 Å². The van der Waals surface area contributed by atoms with E-state index < -0.39 is 0 Å². The minimum atomic E-state index is 0.360. The van der Waals surface area contributed by atoms with Crippen molar-refractivity contribution in [2.75, 3.05) is 7.11 Å². The first-order valence-corrected chi connectivity index (χ1v) is 6.53. The van der Waals surface area contributed by atoms with E-state index >= 15 is 0 Å². The number of methoxy groups -OCH3 is 1. The lowest BCUT2D eigenvalue weighted by Gasteiger charge is -2.13. The average molecular weight is 291 g/mol. The van der Waals surface area contributed by atoms with Crippen LogP contribution in [0.3, 0.4) is 0 Å². The van der Waals surface area contributed by atoms with E-state index in [1.165, 1.54) is 12.7 Å². The lowest BCUT2D eigenvalue weighted by molar-refractivity contribution is 0.112. The molecule has 2 rings (SSSR count). The Kier molecular flexibility index (Phi) is 4.64. The molecule has 0 atom stereocenters. The summed E-state index contributed by atoms with van der Waals surface area (Å²) in [6, 6.07) is 11.2. The van der Waals surface area contributed by atoms with Gasteiger partial charge in [0, 0.05) is 5.56 Å². The molecule has 20 heavy (non-hydrogen) atoms. The Bertz CT molecular complexity index is 623. The molecule has 2 aromatic rings. The Hall–Kier alpha value is -2.00. The first kappa shape index (κ1) is 14.4. The highest BCUT2D eigenvalue weighted by molar-refractivity contribution is 6.32. The number of aldehydes is 1. The van der Waals surface area contributed by atoms with Gasteiger partial charge in [0.2, 0.25) is 0 Å². The van der Waals surface area contributed by atoms with Gasteiger partial charge in [-0.1, -0.05) is 41.4 Å². The summed E-state index contributed by atoms with van der Waals surface area (Å²) >= 11 is 6.13. The number of benzene rings is 2. The van der Waals surface area contributed by atoms with E-state index in [1.54, 1.807) is 12.1 Å². The maximum atomic E-state index is 10.8. The molecule has 0 saturated heterocycles. The Morgan fingerprint density at radius 1 is 1.25 bits per heavy atom. The third kappa shape index (κ3) is 3.31. The molecule has 0 heterocycles. The summed E-state index contributed by atoms with van der Waals surface area (Å²) in [4.78, 5) is 10.8. The maximum Gasteiger partial charge on any atom is 0.180 e. The SMILES string of the molecule is COc1cc(C=O)cc(Cl)c1OCc1cccc(C)c1. The van der Waals surface area contributed by atoms with Gasteiger partial charge in [0.05, 0.1) is 12.1 Å². The number of aryl methyl sites for hydroxylation is 1. The monoisotopic (exact) mass is 290 g/mol. The van der Waals surface area contributed by atoms with Crippen LogP contribution in [0.15, 0.2) is 36.4 Å². The van der Waals surface area contributed by atoms with E-state index in [-0.39, 0.29) is 0 Å². The van der Waals surface area contributed by atoms with Gasteiger partial charge >= 0.3 is 0 Å². The highest BCUT2D eigenvalue weighted by atomic mass is 35.5. The first-order chi connectivity index (χ1) is 9.63. The Labute approximate surface area is 123 Å². The van der Waals surface area contributed by atoms with Crippen molar-refractivity contribution in [3.05, 3.63) is 58.1 Å². The molecule has 0 bridgehead atoms. The van der Waals surface area contributed by atoms with Crippen molar-refractivity contribution >= 4 is 17.9 Å². The van der Waals surface area contributed by atoms with Crippen LogP contribution < -0.4 is 9.47 Å². The molecule has 0 unspecified atom stereocenters. The maximum absolute atomic E-state index is 10.8. The largest absolute Gasteiger partial charge is 0.493 e. The second kappa shape index (κ2) is 6.44. The van der Waals surface area contributed by atoms with Crippen LogP contribution in [0.5, 0.6) is 11.5 Å². The summed E-state index contributed by atoms with van der Waals surface area (Å²) in [5, 5.41) is 0.360. The normalized spacial score (nSPS) is 10.2. The van der Waals surface area contributed by atoms with Crippen molar-refractivity contribution < 1.29 is 14.3 Å². The van der Waals surface area contributed by atoms with Crippen LogP contribution >= 0.6 is 11.6 Å². The fourth-order valence-corrected chi connectivity index (χ4v) is 2.18. The van der Waals surface area contributed by atoms with Crippen LogP contribution in [0.4, 0.5) is 0 Å². The molecule has 0 fully saturated rings. The van der Waals surface area contributed by atoms with E-state index in [0.29, 0.717) is 28.7 Å². The van der Waals surface area contributed by atoms with Crippen LogP contribution in [-0.4, -0.2) is 13.4 Å². The van der Waals surface area contributed by atoms with Gasteiger partial charge in [0.15, 0.2) is 11.5 Å². The molecular formula is C16H15ClO3. The number of ether oxygens (including phenoxy) is 2. The Morgan fingerprint density at radius 3 is 2.70 bits per heavy atom. The van der Waals surface area contributed by atoms with Crippen LogP contribution in [-0.2, 0) is 6.61 Å². The zero-order valence-electron chi connectivity index (χ0n) is 11.4. The standard InChI is InChI=1S/C16H15ClO3/c1-11-4-3-5-12(6-11)10-20-16-14(17)7-13(9-18)8-15(16)19-2/h3-9H,10H2,1-2H3. The van der Waals surface area contributed by atoms with E-state index in [9.17, 15) is 4.79 Å². The minimum absolute atomic E-state index is 0.360. The molecule has 0 radical (unpaired) electrons. The number of carbonyl (C=O) groups is 1. The first-order valence-electron chi connectivity index (χ1n) is 6.15. The summed E-state index contributed by atoms with van der Waals surface area (Å²) in [5.41, 5.74) is 2.66. The third-order valence-electron chi connectivity index (χ3n) is 2.85. The fraction of sp³-hybridized carbons (Fsp3) is 0.188. The molecule has 0 aliphatic rings. The predicted octanol–water partition coefficient (Wildman–Crippen LogP) is 4.05. The lowest BCUT2D eigenvalue weighted by Crippen LogP contribution is -1.99. The Morgan fingerprint density at radius 2 is 2.05 bits per heavy atom. The molecule has 2 aromatic carbocycles. The van der Waals surface area contributed by atoms with Crippen LogP contribution in [0, 0.1) is 6.92 Å². The number of hydrogen-bond donors (Lipinski definition) is 0. The number of rotatable bonds is 5. The van der Waals surface area contributed by atoms with Crippen molar-refractivity contribution in [2.45, 2.75) is 13.5 Å². The van der Waals surface area contributed by atoms with Gasteiger partial charge in [0.1, 0.15) is 12.9 Å². The van der Waals surface area contributed by atoms with Crippen molar-refractivity contribution in [3.8, 4) is 11.5 Å². The zero-order chi connectivity index (χ0) is 14.5. The van der Waals surface area contributed by atoms with Crippen LogP contribution in [0.2, 0.25) is 5.02 Å². The average Bonchev–Trinajstić information content (AvgIpc) is 2.45. The van der Waals surface area contributed by atoms with Crippen molar-refractivity contribution in [2.24, 2.45) is 0 Å². The molecular weight excluding hydrogens is 276 g/mol. The van der Waals surface area contributed by atoms with E-state index in [4.69, 9.17) is 21.1 Å². The topological polar surface area (TPSA) is 35.5 Å². The molecule has 0 saturated carbocycles. The fourth-order valence-electron chi connectivity index (χ4n) is 1.91. The summed E-state index contributed by atoms with van der Waals surface area (Å²) in [6.07, 6.45) is 0.721. The summed E-state index contributed by atoms with van der Waals surface area (Å²) in [5.74, 6) is 0.897. The number of carbonyl (C=O) groups excluding carboxylic acids is 1. The van der Waals surface area contributed by atoms with Gasteiger partial charge in [-0.25, -0.2) is 0 Å². The molecule has 0 aliphatic carbocycles. The van der Waals surface area contributed by atoms with E-state index in [2.05, 4.69) is 0 Å². The highest BCUT2D eigenvalue weighted by Crippen LogP contribution is 2.36. The predicted molar refractivity (Wildman–Crippen MR) is 78.9 cm³/mol. The van der Waals surface area contributed by atoms with Gasteiger partial charge in [-0.15, -0.1) is 0 Å². The van der Waals surface area contributed by atoms with Gasteiger partial charge in [-0.3, -0.25) is 4.79 Å². The lowest BCUT2D eigenvalue weighted by atomic mass is 10.1. The molecule has 4 heteroatoms. The van der Waals surface area contributed by atoms with Gasteiger partial charge in [0.25, 0.3) is 0 Å². The van der Waals surface area contributed by atoms with Gasteiger partial charge < -0.3 is 9.47 Å². The highest BCUT2D eigenvalue weighted by Gasteiger charge is 2.12. The summed E-state index contributed by atoms with van der Waals surface area (Å²) < 4.78 is 10.9. The molecule has 0 spiro atoms. The molecule has 0 N–H and O–H groups in total. The van der Waals surface area contributed by atoms with Gasteiger partial charge in [-0.2, -0.15) is 0 Å². The molecule has 3 nitrogen and oxygen atoms in total. The minimum Gasteiger partial charge on any atom is -0.493 e. The van der Waals surface area contributed by atoms with Crippen molar-refractivity contribution in [1.29, 1.82) is 0 Å². The van der Waals surface area contributed by atoms with Gasteiger partial charge in [-0.05, 0) is 24.6 Å². The molecule has 0 amide bonds. The summed E-state index contributed by atoms with van der Waals surface area (Å²) in [7, 11) is 1.51. The molecule has 0 aliphatic heterocycles. The quantitative estimate of drug-likeness (QED) is 0.779. The molecule has 104 valence electrons.